The second kappa shape index (κ2) is 3.94. The van der Waals surface area contributed by atoms with E-state index in [0.29, 0.717) is 0 Å². The molecule has 10 heavy (non-hydrogen) atoms. The average Bonchev–Trinajstić information content (AvgIpc) is 1.89. The molecule has 0 bridgehead atoms. The fourth-order valence-electron chi connectivity index (χ4n) is 0.757. The predicted octanol–water partition coefficient (Wildman–Crippen LogP) is 1.57. The number of hydrogen-bond acceptors (Lipinski definition) is 2. The molecule has 1 atom stereocenters. The molecule has 0 fully saturated rings. The molecule has 1 unspecified atom stereocenters. The summed E-state index contributed by atoms with van der Waals surface area (Å²) in [6.45, 7) is 5.84. The number of ether oxygens (including phenoxy) is 1. The number of methoxy groups -OCH3 is 1. The SMILES string of the molecule is CCCC(O)C(C)(C)OC. The van der Waals surface area contributed by atoms with Gasteiger partial charge in [-0.25, -0.2) is 0 Å². The van der Waals surface area contributed by atoms with Gasteiger partial charge in [-0.3, -0.25) is 0 Å². The summed E-state index contributed by atoms with van der Waals surface area (Å²) in [6, 6.07) is 0. The number of aliphatic hydroxyl groups is 1. The van der Waals surface area contributed by atoms with E-state index in [9.17, 15) is 5.11 Å². The first-order chi connectivity index (χ1) is 4.54. The summed E-state index contributed by atoms with van der Waals surface area (Å²) in [5.74, 6) is 0. The van der Waals surface area contributed by atoms with Crippen molar-refractivity contribution < 1.29 is 9.84 Å². The van der Waals surface area contributed by atoms with Crippen molar-refractivity contribution in [2.24, 2.45) is 0 Å². The zero-order valence-corrected chi connectivity index (χ0v) is 7.35. The van der Waals surface area contributed by atoms with Crippen LogP contribution in [0.3, 0.4) is 0 Å². The smallest absolute Gasteiger partial charge is 0.0880 e. The molecule has 1 N–H and O–H groups in total. The molecule has 0 heterocycles. The van der Waals surface area contributed by atoms with Crippen LogP contribution in [0.2, 0.25) is 0 Å². The van der Waals surface area contributed by atoms with E-state index in [1.165, 1.54) is 0 Å². The van der Waals surface area contributed by atoms with Gasteiger partial charge in [0, 0.05) is 7.11 Å². The highest BCUT2D eigenvalue weighted by molar-refractivity contribution is 4.77. The van der Waals surface area contributed by atoms with E-state index in [4.69, 9.17) is 4.74 Å². The molecule has 0 aliphatic carbocycles. The molecule has 0 aliphatic heterocycles. The molecule has 0 amide bonds. The topological polar surface area (TPSA) is 29.5 Å². The lowest BCUT2D eigenvalue weighted by atomic mass is 9.98. The van der Waals surface area contributed by atoms with Crippen LogP contribution in [0.1, 0.15) is 33.6 Å². The molecule has 0 spiro atoms. The van der Waals surface area contributed by atoms with Crippen molar-refractivity contribution in [2.45, 2.75) is 45.3 Å². The van der Waals surface area contributed by atoms with E-state index in [1.807, 2.05) is 13.8 Å². The van der Waals surface area contributed by atoms with Gasteiger partial charge < -0.3 is 9.84 Å². The molecule has 0 radical (unpaired) electrons. The Morgan fingerprint density at radius 1 is 1.50 bits per heavy atom. The third kappa shape index (κ3) is 2.67. The van der Waals surface area contributed by atoms with Gasteiger partial charge in [0.05, 0.1) is 11.7 Å². The summed E-state index contributed by atoms with van der Waals surface area (Å²) >= 11 is 0. The Morgan fingerprint density at radius 2 is 2.00 bits per heavy atom. The fraction of sp³-hybridized carbons (Fsp3) is 1.00. The Labute approximate surface area is 63.2 Å². The van der Waals surface area contributed by atoms with Gasteiger partial charge in [-0.1, -0.05) is 13.3 Å². The minimum absolute atomic E-state index is 0.345. The lowest BCUT2D eigenvalue weighted by Crippen LogP contribution is -2.37. The van der Waals surface area contributed by atoms with Crippen LogP contribution in [0.25, 0.3) is 0 Å². The molecule has 0 aromatic carbocycles. The molecule has 0 rings (SSSR count). The van der Waals surface area contributed by atoms with Gasteiger partial charge in [0.15, 0.2) is 0 Å². The Hall–Kier alpha value is -0.0800. The zero-order chi connectivity index (χ0) is 8.20. The van der Waals surface area contributed by atoms with Gasteiger partial charge in [0.25, 0.3) is 0 Å². The first-order valence-electron chi connectivity index (χ1n) is 3.77. The maximum Gasteiger partial charge on any atom is 0.0880 e. The van der Waals surface area contributed by atoms with E-state index in [1.54, 1.807) is 7.11 Å². The molecule has 0 aliphatic rings. The first kappa shape index (κ1) is 9.92. The van der Waals surface area contributed by atoms with Crippen molar-refractivity contribution in [3.8, 4) is 0 Å². The van der Waals surface area contributed by atoms with Crippen molar-refractivity contribution in [3.05, 3.63) is 0 Å². The van der Waals surface area contributed by atoms with Crippen molar-refractivity contribution in [3.63, 3.8) is 0 Å². The van der Waals surface area contributed by atoms with Crippen molar-refractivity contribution in [2.75, 3.05) is 7.11 Å². The quantitative estimate of drug-likeness (QED) is 0.652. The van der Waals surface area contributed by atoms with Crippen LogP contribution < -0.4 is 0 Å². The van der Waals surface area contributed by atoms with Crippen LogP contribution in [0.15, 0.2) is 0 Å². The largest absolute Gasteiger partial charge is 0.390 e. The molecule has 62 valence electrons. The van der Waals surface area contributed by atoms with Crippen LogP contribution >= 0.6 is 0 Å². The maximum atomic E-state index is 9.45. The van der Waals surface area contributed by atoms with Crippen LogP contribution in [-0.4, -0.2) is 23.9 Å². The number of hydrogen-bond donors (Lipinski definition) is 1. The first-order valence-corrected chi connectivity index (χ1v) is 3.77. The zero-order valence-electron chi connectivity index (χ0n) is 7.35. The minimum atomic E-state index is -0.393. The Bertz CT molecular complexity index is 89.3. The summed E-state index contributed by atoms with van der Waals surface area (Å²) in [7, 11) is 1.62. The van der Waals surface area contributed by atoms with Crippen LogP contribution in [0.4, 0.5) is 0 Å². The lowest BCUT2D eigenvalue weighted by molar-refractivity contribution is -0.0801. The second-order valence-corrected chi connectivity index (χ2v) is 3.11. The fourth-order valence-corrected chi connectivity index (χ4v) is 0.757. The molecular formula is C8H18O2. The maximum absolute atomic E-state index is 9.45. The lowest BCUT2D eigenvalue weighted by Gasteiger charge is -2.28. The highest BCUT2D eigenvalue weighted by Crippen LogP contribution is 2.17. The van der Waals surface area contributed by atoms with E-state index < -0.39 is 5.60 Å². The molecule has 0 aromatic rings. The Morgan fingerprint density at radius 3 is 2.30 bits per heavy atom. The van der Waals surface area contributed by atoms with Crippen molar-refractivity contribution in [1.82, 2.24) is 0 Å². The molecule has 0 saturated heterocycles. The van der Waals surface area contributed by atoms with E-state index >= 15 is 0 Å². The van der Waals surface area contributed by atoms with Crippen LogP contribution in [-0.2, 0) is 4.74 Å². The molecule has 0 saturated carbocycles. The second-order valence-electron chi connectivity index (χ2n) is 3.11. The molecular weight excluding hydrogens is 128 g/mol. The highest BCUT2D eigenvalue weighted by atomic mass is 16.5. The highest BCUT2D eigenvalue weighted by Gasteiger charge is 2.25. The van der Waals surface area contributed by atoms with Gasteiger partial charge in [-0.2, -0.15) is 0 Å². The summed E-state index contributed by atoms with van der Waals surface area (Å²) in [5, 5.41) is 9.45. The molecule has 2 nitrogen and oxygen atoms in total. The van der Waals surface area contributed by atoms with Crippen molar-refractivity contribution in [1.29, 1.82) is 0 Å². The van der Waals surface area contributed by atoms with Gasteiger partial charge >= 0.3 is 0 Å². The van der Waals surface area contributed by atoms with Crippen LogP contribution in [0.5, 0.6) is 0 Å². The van der Waals surface area contributed by atoms with Gasteiger partial charge in [0.1, 0.15) is 0 Å². The monoisotopic (exact) mass is 146 g/mol. The summed E-state index contributed by atoms with van der Waals surface area (Å²) in [6.07, 6.45) is 1.46. The Balaban J connectivity index is 3.78. The van der Waals surface area contributed by atoms with Gasteiger partial charge in [0.2, 0.25) is 0 Å². The van der Waals surface area contributed by atoms with E-state index in [2.05, 4.69) is 6.92 Å². The summed E-state index contributed by atoms with van der Waals surface area (Å²) in [5.41, 5.74) is -0.393. The number of aliphatic hydroxyl groups excluding tert-OH is 1. The van der Waals surface area contributed by atoms with Gasteiger partial charge in [-0.05, 0) is 20.3 Å². The van der Waals surface area contributed by atoms with Crippen LogP contribution in [0, 0.1) is 0 Å². The third-order valence-corrected chi connectivity index (χ3v) is 1.89. The van der Waals surface area contributed by atoms with Crippen molar-refractivity contribution >= 4 is 0 Å². The van der Waals surface area contributed by atoms with Gasteiger partial charge in [-0.15, -0.1) is 0 Å². The Kier molecular flexibility index (Phi) is 3.91. The predicted molar refractivity (Wildman–Crippen MR) is 42.0 cm³/mol. The van der Waals surface area contributed by atoms with E-state index in [-0.39, 0.29) is 6.10 Å². The normalized spacial score (nSPS) is 15.3. The average molecular weight is 146 g/mol. The summed E-state index contributed by atoms with van der Waals surface area (Å²) in [4.78, 5) is 0. The number of rotatable bonds is 4. The minimum Gasteiger partial charge on any atom is -0.390 e. The standard InChI is InChI=1S/C8H18O2/c1-5-6-7(9)8(2,3)10-4/h7,9H,5-6H2,1-4H3. The molecule has 0 aromatic heterocycles. The summed E-state index contributed by atoms with van der Waals surface area (Å²) < 4.78 is 5.10. The molecule has 2 heteroatoms. The van der Waals surface area contributed by atoms with E-state index in [0.717, 1.165) is 12.8 Å². The third-order valence-electron chi connectivity index (χ3n) is 1.89.